The standard InChI is InChI=1S/C17H22N2O3/c1-4-7-13-14-9-8-12(19(5-2)6-3)10-16(14)22-17(20)15(13)11-18-21/h8-11,21H,4-7H2,1-3H3/b18-11+. The average molecular weight is 302 g/mol. The third kappa shape index (κ3) is 2.98. The molecular formula is C17H22N2O3. The second-order valence-electron chi connectivity index (χ2n) is 5.13. The van der Waals surface area contributed by atoms with Crippen LogP contribution in [0.1, 0.15) is 38.3 Å². The minimum Gasteiger partial charge on any atom is -0.422 e. The van der Waals surface area contributed by atoms with E-state index in [0.29, 0.717) is 11.1 Å². The molecule has 0 spiro atoms. The van der Waals surface area contributed by atoms with E-state index in [0.717, 1.165) is 48.8 Å². The predicted octanol–water partition coefficient (Wildman–Crippen LogP) is 3.40. The highest BCUT2D eigenvalue weighted by Crippen LogP contribution is 2.26. The molecule has 0 bridgehead atoms. The Balaban J connectivity index is 2.70. The van der Waals surface area contributed by atoms with Crippen molar-refractivity contribution >= 4 is 22.9 Å². The van der Waals surface area contributed by atoms with Crippen LogP contribution in [0.3, 0.4) is 0 Å². The summed E-state index contributed by atoms with van der Waals surface area (Å²) < 4.78 is 5.43. The van der Waals surface area contributed by atoms with E-state index < -0.39 is 5.63 Å². The molecule has 0 saturated carbocycles. The Morgan fingerprint density at radius 1 is 1.27 bits per heavy atom. The van der Waals surface area contributed by atoms with Crippen molar-refractivity contribution in [1.29, 1.82) is 0 Å². The van der Waals surface area contributed by atoms with Crippen LogP contribution in [0.25, 0.3) is 11.0 Å². The molecule has 0 fully saturated rings. The number of benzene rings is 1. The van der Waals surface area contributed by atoms with Gasteiger partial charge in [0.05, 0.1) is 11.8 Å². The molecule has 0 amide bonds. The third-order valence-corrected chi connectivity index (χ3v) is 3.85. The number of hydrogen-bond donors (Lipinski definition) is 1. The zero-order valence-electron chi connectivity index (χ0n) is 13.3. The van der Waals surface area contributed by atoms with Crippen LogP contribution in [0.4, 0.5) is 5.69 Å². The maximum Gasteiger partial charge on any atom is 0.345 e. The highest BCUT2D eigenvalue weighted by Gasteiger charge is 2.14. The second-order valence-corrected chi connectivity index (χ2v) is 5.13. The maximum absolute atomic E-state index is 12.2. The molecule has 1 aromatic carbocycles. The number of fused-ring (bicyclic) bond motifs is 1. The highest BCUT2D eigenvalue weighted by atomic mass is 16.4. The van der Waals surface area contributed by atoms with Gasteiger partial charge in [-0.2, -0.15) is 0 Å². The Hall–Kier alpha value is -2.30. The molecule has 0 unspecified atom stereocenters. The molecule has 118 valence electrons. The fourth-order valence-corrected chi connectivity index (χ4v) is 2.76. The summed E-state index contributed by atoms with van der Waals surface area (Å²) in [6.45, 7) is 8.01. The topological polar surface area (TPSA) is 66.0 Å². The molecule has 2 aromatic rings. The molecule has 0 aliphatic carbocycles. The van der Waals surface area contributed by atoms with Crippen LogP contribution in [-0.4, -0.2) is 24.5 Å². The minimum absolute atomic E-state index is 0.326. The van der Waals surface area contributed by atoms with Gasteiger partial charge in [-0.3, -0.25) is 0 Å². The van der Waals surface area contributed by atoms with E-state index in [1.165, 1.54) is 0 Å². The van der Waals surface area contributed by atoms with Crippen LogP contribution in [0, 0.1) is 0 Å². The molecule has 5 nitrogen and oxygen atoms in total. The molecule has 0 saturated heterocycles. The zero-order chi connectivity index (χ0) is 16.1. The lowest BCUT2D eigenvalue weighted by atomic mass is 10.0. The van der Waals surface area contributed by atoms with E-state index in [1.54, 1.807) is 0 Å². The SMILES string of the molecule is CCCc1c(/C=N/O)c(=O)oc2cc(N(CC)CC)ccc12. The van der Waals surface area contributed by atoms with Crippen molar-refractivity contribution in [2.75, 3.05) is 18.0 Å². The lowest BCUT2D eigenvalue weighted by Gasteiger charge is -2.21. The number of rotatable bonds is 6. The van der Waals surface area contributed by atoms with Crippen molar-refractivity contribution in [2.24, 2.45) is 5.16 Å². The average Bonchev–Trinajstić information content (AvgIpc) is 2.52. The lowest BCUT2D eigenvalue weighted by Crippen LogP contribution is -2.21. The van der Waals surface area contributed by atoms with Crippen molar-refractivity contribution < 1.29 is 9.62 Å². The maximum atomic E-state index is 12.2. The van der Waals surface area contributed by atoms with E-state index in [4.69, 9.17) is 9.62 Å². The van der Waals surface area contributed by atoms with Gasteiger partial charge < -0.3 is 14.5 Å². The second kappa shape index (κ2) is 7.11. The van der Waals surface area contributed by atoms with E-state index in [1.807, 2.05) is 25.1 Å². The number of hydrogen-bond acceptors (Lipinski definition) is 5. The first-order valence-electron chi connectivity index (χ1n) is 7.68. The van der Waals surface area contributed by atoms with Gasteiger partial charge in [0.1, 0.15) is 5.58 Å². The van der Waals surface area contributed by atoms with Crippen molar-refractivity contribution in [1.82, 2.24) is 0 Å². The first-order chi connectivity index (χ1) is 10.7. The van der Waals surface area contributed by atoms with Crippen molar-refractivity contribution in [2.45, 2.75) is 33.6 Å². The van der Waals surface area contributed by atoms with Gasteiger partial charge in [0.15, 0.2) is 0 Å². The Bertz CT molecular complexity index is 730. The molecule has 0 atom stereocenters. The molecular weight excluding hydrogens is 280 g/mol. The van der Waals surface area contributed by atoms with Crippen molar-refractivity contribution in [3.63, 3.8) is 0 Å². The summed E-state index contributed by atoms with van der Waals surface area (Å²) >= 11 is 0. The van der Waals surface area contributed by atoms with Crippen LogP contribution >= 0.6 is 0 Å². The summed E-state index contributed by atoms with van der Waals surface area (Å²) in [5.41, 5.74) is 2.34. The first-order valence-corrected chi connectivity index (χ1v) is 7.68. The van der Waals surface area contributed by atoms with Crippen LogP contribution < -0.4 is 10.5 Å². The van der Waals surface area contributed by atoms with Gasteiger partial charge >= 0.3 is 5.63 Å². The van der Waals surface area contributed by atoms with E-state index in [-0.39, 0.29) is 0 Å². The number of oxime groups is 1. The zero-order valence-corrected chi connectivity index (χ0v) is 13.3. The van der Waals surface area contributed by atoms with Crippen molar-refractivity contribution in [3.8, 4) is 0 Å². The molecule has 0 radical (unpaired) electrons. The normalized spacial score (nSPS) is 11.4. The molecule has 1 heterocycles. The Morgan fingerprint density at radius 3 is 2.59 bits per heavy atom. The Labute approximate surface area is 129 Å². The molecule has 1 aromatic heterocycles. The minimum atomic E-state index is -0.467. The summed E-state index contributed by atoms with van der Waals surface area (Å²) in [6.07, 6.45) is 2.78. The molecule has 1 N–H and O–H groups in total. The smallest absolute Gasteiger partial charge is 0.345 e. The third-order valence-electron chi connectivity index (χ3n) is 3.85. The summed E-state index contributed by atoms with van der Waals surface area (Å²) in [7, 11) is 0. The van der Waals surface area contributed by atoms with Crippen LogP contribution in [0.5, 0.6) is 0 Å². The first kappa shape index (κ1) is 16.1. The van der Waals surface area contributed by atoms with Gasteiger partial charge in [-0.1, -0.05) is 18.5 Å². The monoisotopic (exact) mass is 302 g/mol. The predicted molar refractivity (Wildman–Crippen MR) is 89.4 cm³/mol. The summed E-state index contributed by atoms with van der Waals surface area (Å²) in [4.78, 5) is 14.4. The van der Waals surface area contributed by atoms with Gasteiger partial charge in [0, 0.05) is 30.2 Å². The molecule has 22 heavy (non-hydrogen) atoms. The van der Waals surface area contributed by atoms with Gasteiger partial charge in [-0.05, 0) is 38.0 Å². The molecule has 5 heteroatoms. The van der Waals surface area contributed by atoms with Gasteiger partial charge in [0.25, 0.3) is 0 Å². The fourth-order valence-electron chi connectivity index (χ4n) is 2.76. The van der Waals surface area contributed by atoms with E-state index in [9.17, 15) is 4.79 Å². The van der Waals surface area contributed by atoms with Gasteiger partial charge in [0.2, 0.25) is 0 Å². The number of nitrogens with zero attached hydrogens (tertiary/aromatic N) is 2. The number of anilines is 1. The molecule has 0 aliphatic rings. The molecule has 2 rings (SSSR count). The van der Waals surface area contributed by atoms with E-state index in [2.05, 4.69) is 23.9 Å². The Morgan fingerprint density at radius 2 is 2.00 bits per heavy atom. The van der Waals surface area contributed by atoms with Crippen LogP contribution in [0.2, 0.25) is 0 Å². The van der Waals surface area contributed by atoms with Crippen LogP contribution in [0.15, 0.2) is 32.6 Å². The largest absolute Gasteiger partial charge is 0.422 e. The van der Waals surface area contributed by atoms with E-state index >= 15 is 0 Å². The lowest BCUT2D eigenvalue weighted by molar-refractivity contribution is 0.321. The Kier molecular flexibility index (Phi) is 5.20. The van der Waals surface area contributed by atoms with Crippen LogP contribution in [-0.2, 0) is 6.42 Å². The number of aryl methyl sites for hydroxylation is 1. The summed E-state index contributed by atoms with van der Waals surface area (Å²) in [6, 6.07) is 5.92. The highest BCUT2D eigenvalue weighted by molar-refractivity contribution is 5.91. The molecule has 0 aliphatic heterocycles. The fraction of sp³-hybridized carbons (Fsp3) is 0.412. The summed E-state index contributed by atoms with van der Waals surface area (Å²) in [5, 5.41) is 12.7. The quantitative estimate of drug-likeness (QED) is 0.384. The van der Waals surface area contributed by atoms with Crippen molar-refractivity contribution in [3.05, 3.63) is 39.7 Å². The summed E-state index contributed by atoms with van der Waals surface area (Å²) in [5.74, 6) is 0. The van der Waals surface area contributed by atoms with Gasteiger partial charge in [-0.25, -0.2) is 4.79 Å². The van der Waals surface area contributed by atoms with Gasteiger partial charge in [-0.15, -0.1) is 0 Å².